The summed E-state index contributed by atoms with van der Waals surface area (Å²) >= 11 is 0. The van der Waals surface area contributed by atoms with E-state index in [0.717, 1.165) is 6.42 Å². The number of carbonyl (C=O) groups excluding carboxylic acids is 4. The number of benzene rings is 1. The molecule has 6 atom stereocenters. The predicted molar refractivity (Wildman–Crippen MR) is 158 cm³/mol. The van der Waals surface area contributed by atoms with Crippen molar-refractivity contribution in [2.75, 3.05) is 13.1 Å². The Morgan fingerprint density at radius 3 is 2.64 bits per heavy atom. The molecule has 42 heavy (non-hydrogen) atoms. The molecule has 2 aliphatic heterocycles. The van der Waals surface area contributed by atoms with E-state index in [4.69, 9.17) is 0 Å². The van der Waals surface area contributed by atoms with Crippen molar-refractivity contribution in [3.05, 3.63) is 48.4 Å². The SMILES string of the molecule is C=CC[C@H](C[C@@H]1CCNC1=O)NC(=O)[C@@H]1[C@@H]2[C@H](CN1C(=O)C(CC(C)C)NC(=O)c1cc3c(F)cccc3[nH]1)C2(C)C. The predicted octanol–water partition coefficient (Wildman–Crippen LogP) is 3.52. The Bertz CT molecular complexity index is 1400. The topological polar surface area (TPSA) is 123 Å². The van der Waals surface area contributed by atoms with E-state index in [1.54, 1.807) is 23.1 Å². The molecule has 1 unspecified atom stereocenters. The third kappa shape index (κ3) is 5.68. The summed E-state index contributed by atoms with van der Waals surface area (Å²) in [5.74, 6) is -1.34. The van der Waals surface area contributed by atoms with Gasteiger partial charge in [-0.1, -0.05) is 39.8 Å². The van der Waals surface area contributed by atoms with Gasteiger partial charge in [0.2, 0.25) is 17.7 Å². The van der Waals surface area contributed by atoms with E-state index in [1.807, 2.05) is 13.8 Å². The number of hydrogen-bond donors (Lipinski definition) is 4. The normalized spacial score (nSPS) is 25.6. The Labute approximate surface area is 246 Å². The monoisotopic (exact) mass is 579 g/mol. The van der Waals surface area contributed by atoms with Gasteiger partial charge in [-0.2, -0.15) is 0 Å². The molecule has 4 N–H and O–H groups in total. The van der Waals surface area contributed by atoms with Gasteiger partial charge in [0.25, 0.3) is 5.91 Å². The summed E-state index contributed by atoms with van der Waals surface area (Å²) in [5, 5.41) is 9.17. The lowest BCUT2D eigenvalue weighted by molar-refractivity contribution is -0.142. The second kappa shape index (κ2) is 11.5. The number of carbonyl (C=O) groups is 4. The molecule has 0 radical (unpaired) electrons. The summed E-state index contributed by atoms with van der Waals surface area (Å²) in [6.07, 6.45) is 3.89. The fourth-order valence-corrected chi connectivity index (χ4v) is 7.10. The zero-order valence-electron chi connectivity index (χ0n) is 24.8. The van der Waals surface area contributed by atoms with Crippen molar-refractivity contribution >= 4 is 34.5 Å². The van der Waals surface area contributed by atoms with E-state index in [2.05, 4.69) is 41.4 Å². The van der Waals surface area contributed by atoms with E-state index in [-0.39, 0.29) is 58.5 Å². The molecule has 226 valence electrons. The van der Waals surface area contributed by atoms with E-state index in [1.165, 1.54) is 12.1 Å². The number of piperidine rings is 1. The van der Waals surface area contributed by atoms with E-state index in [9.17, 15) is 23.6 Å². The second-order valence-corrected chi connectivity index (χ2v) is 13.2. The lowest BCUT2D eigenvalue weighted by Gasteiger charge is -2.34. The summed E-state index contributed by atoms with van der Waals surface area (Å²) in [6, 6.07) is 4.24. The Morgan fingerprint density at radius 1 is 1.24 bits per heavy atom. The number of H-pyrrole nitrogens is 1. The van der Waals surface area contributed by atoms with Crippen LogP contribution in [0.3, 0.4) is 0 Å². The van der Waals surface area contributed by atoms with Crippen molar-refractivity contribution < 1.29 is 23.6 Å². The van der Waals surface area contributed by atoms with Crippen LogP contribution in [0.2, 0.25) is 0 Å². The Morgan fingerprint density at radius 2 is 2.00 bits per heavy atom. The van der Waals surface area contributed by atoms with E-state index >= 15 is 0 Å². The van der Waals surface area contributed by atoms with Crippen LogP contribution in [0.25, 0.3) is 10.9 Å². The van der Waals surface area contributed by atoms with Gasteiger partial charge in [0.05, 0.1) is 0 Å². The molecule has 9 nitrogen and oxygen atoms in total. The van der Waals surface area contributed by atoms with Crippen LogP contribution >= 0.6 is 0 Å². The zero-order chi connectivity index (χ0) is 30.3. The number of fused-ring (bicyclic) bond motifs is 2. The Hall–Kier alpha value is -3.69. The standard InChI is InChI=1S/C32H42FN5O4/c1-6-8-19(14-18-11-12-34-28(18)39)35-30(41)27-26-21(32(26,4)5)16-38(27)31(42)25(13-17(2)3)37-29(40)24-15-20-22(33)9-7-10-23(20)36-24/h6-7,9-10,15,17-19,21,25-27,36H,1,8,11-14,16H2,2-5H3,(H,34,39)(H,35,41)(H,37,40)/t18-,19+,21-,25?,26-,27-/m0/s1. The van der Waals surface area contributed by atoms with Crippen LogP contribution in [0.1, 0.15) is 63.9 Å². The number of nitrogens with one attached hydrogen (secondary N) is 4. The van der Waals surface area contributed by atoms with Gasteiger partial charge >= 0.3 is 0 Å². The fraction of sp³-hybridized carbons (Fsp3) is 0.562. The third-order valence-electron chi connectivity index (χ3n) is 9.46. The van der Waals surface area contributed by atoms with Crippen LogP contribution in [0.5, 0.6) is 0 Å². The molecule has 2 saturated heterocycles. The van der Waals surface area contributed by atoms with Crippen LogP contribution in [-0.2, 0) is 14.4 Å². The van der Waals surface area contributed by atoms with E-state index in [0.29, 0.717) is 43.3 Å². The number of aromatic amines is 1. The van der Waals surface area contributed by atoms with Gasteiger partial charge in [-0.3, -0.25) is 19.2 Å². The summed E-state index contributed by atoms with van der Waals surface area (Å²) < 4.78 is 14.2. The van der Waals surface area contributed by atoms with Crippen LogP contribution in [-0.4, -0.2) is 64.7 Å². The molecular weight excluding hydrogens is 537 g/mol. The molecule has 10 heteroatoms. The van der Waals surface area contributed by atoms with Gasteiger partial charge in [-0.15, -0.1) is 6.58 Å². The van der Waals surface area contributed by atoms with Crippen LogP contribution in [0, 0.1) is 34.9 Å². The smallest absolute Gasteiger partial charge is 0.268 e. The van der Waals surface area contributed by atoms with Crippen molar-refractivity contribution in [2.45, 2.75) is 71.5 Å². The molecule has 1 aromatic heterocycles. The van der Waals surface area contributed by atoms with Crippen molar-refractivity contribution in [3.8, 4) is 0 Å². The molecule has 3 aliphatic rings. The van der Waals surface area contributed by atoms with Crippen LogP contribution in [0.15, 0.2) is 36.9 Å². The number of halogens is 1. The first kappa shape index (κ1) is 29.8. The summed E-state index contributed by atoms with van der Waals surface area (Å²) in [5.41, 5.74) is 0.581. The van der Waals surface area contributed by atoms with Gasteiger partial charge in [-0.25, -0.2) is 4.39 Å². The van der Waals surface area contributed by atoms with Crippen molar-refractivity contribution in [3.63, 3.8) is 0 Å². The molecule has 2 aromatic rings. The molecule has 3 fully saturated rings. The number of hydrogen-bond acceptors (Lipinski definition) is 4. The number of likely N-dealkylation sites (tertiary alicyclic amines) is 1. The second-order valence-electron chi connectivity index (χ2n) is 13.2. The first-order valence-corrected chi connectivity index (χ1v) is 15.0. The Kier molecular flexibility index (Phi) is 8.18. The van der Waals surface area contributed by atoms with Gasteiger partial charge in [-0.05, 0) is 67.1 Å². The maximum absolute atomic E-state index is 14.2. The molecule has 1 aliphatic carbocycles. The quantitative estimate of drug-likeness (QED) is 0.304. The largest absolute Gasteiger partial charge is 0.356 e. The summed E-state index contributed by atoms with van der Waals surface area (Å²) in [4.78, 5) is 58.0. The number of rotatable bonds is 11. The van der Waals surface area contributed by atoms with E-state index < -0.39 is 23.8 Å². The van der Waals surface area contributed by atoms with Crippen molar-refractivity contribution in [1.82, 2.24) is 25.8 Å². The molecular formula is C32H42FN5O4. The molecule has 1 aromatic carbocycles. The highest BCUT2D eigenvalue weighted by Gasteiger charge is 2.69. The van der Waals surface area contributed by atoms with Crippen molar-refractivity contribution in [2.24, 2.45) is 29.1 Å². The first-order valence-electron chi connectivity index (χ1n) is 15.0. The Balaban J connectivity index is 1.34. The highest BCUT2D eigenvalue weighted by Crippen LogP contribution is 2.65. The minimum atomic E-state index is -0.851. The average molecular weight is 580 g/mol. The maximum atomic E-state index is 14.2. The first-order chi connectivity index (χ1) is 19.9. The highest BCUT2D eigenvalue weighted by molar-refractivity contribution is 6.01. The third-order valence-corrected chi connectivity index (χ3v) is 9.46. The molecule has 0 bridgehead atoms. The number of nitrogens with zero attached hydrogens (tertiary/aromatic N) is 1. The van der Waals surface area contributed by atoms with Gasteiger partial charge < -0.3 is 25.8 Å². The highest BCUT2D eigenvalue weighted by atomic mass is 19.1. The molecule has 3 heterocycles. The molecule has 4 amide bonds. The van der Waals surface area contributed by atoms with Crippen LogP contribution < -0.4 is 16.0 Å². The van der Waals surface area contributed by atoms with Gasteiger partial charge in [0.15, 0.2) is 0 Å². The molecule has 5 rings (SSSR count). The lowest BCUT2D eigenvalue weighted by Crippen LogP contribution is -2.57. The minimum absolute atomic E-state index is 0.00402. The fourth-order valence-electron chi connectivity index (χ4n) is 7.10. The number of aromatic nitrogens is 1. The summed E-state index contributed by atoms with van der Waals surface area (Å²) in [7, 11) is 0. The number of amides is 4. The minimum Gasteiger partial charge on any atom is -0.356 e. The van der Waals surface area contributed by atoms with Gasteiger partial charge in [0, 0.05) is 36.0 Å². The molecule has 1 saturated carbocycles. The lowest BCUT2D eigenvalue weighted by atomic mass is 9.95. The van der Waals surface area contributed by atoms with Gasteiger partial charge in [0.1, 0.15) is 23.6 Å². The average Bonchev–Trinajstić information content (AvgIpc) is 3.44. The maximum Gasteiger partial charge on any atom is 0.268 e. The van der Waals surface area contributed by atoms with Crippen LogP contribution in [0.4, 0.5) is 4.39 Å². The summed E-state index contributed by atoms with van der Waals surface area (Å²) in [6.45, 7) is 13.1. The van der Waals surface area contributed by atoms with Crippen molar-refractivity contribution in [1.29, 1.82) is 0 Å². The zero-order valence-corrected chi connectivity index (χ0v) is 24.8. The molecule has 0 spiro atoms.